The Balaban J connectivity index is 2.61. The lowest BCUT2D eigenvalue weighted by atomic mass is 10.1. The van der Waals surface area contributed by atoms with Crippen molar-refractivity contribution in [3.05, 3.63) is 34.4 Å². The third-order valence-corrected chi connectivity index (χ3v) is 2.46. The van der Waals surface area contributed by atoms with Crippen LogP contribution in [0.25, 0.3) is 6.08 Å². The van der Waals surface area contributed by atoms with Crippen LogP contribution in [-0.4, -0.2) is 19.7 Å². The molecule has 0 amide bonds. The normalized spacial score (nSPS) is 12.9. The number of halogens is 1. The highest BCUT2D eigenvalue weighted by molar-refractivity contribution is 6.34. The van der Waals surface area contributed by atoms with Gasteiger partial charge in [0.15, 0.2) is 0 Å². The van der Waals surface area contributed by atoms with Crippen molar-refractivity contribution in [3.63, 3.8) is 0 Å². The summed E-state index contributed by atoms with van der Waals surface area (Å²) in [4.78, 5) is 11.5. The lowest BCUT2D eigenvalue weighted by Crippen LogP contribution is -2.10. The third kappa shape index (κ3) is 1.70. The Bertz CT molecular complexity index is 438. The zero-order valence-corrected chi connectivity index (χ0v) is 8.88. The van der Waals surface area contributed by atoms with Crippen molar-refractivity contribution in [1.82, 2.24) is 0 Å². The number of hydrogen-bond acceptors (Lipinski definition) is 3. The summed E-state index contributed by atoms with van der Waals surface area (Å²) in [6.07, 6.45) is 3.76. The number of hydrogen-bond donors (Lipinski definition) is 0. The van der Waals surface area contributed by atoms with Crippen LogP contribution in [0.3, 0.4) is 0 Å². The maximum Gasteiger partial charge on any atom is 0.343 e. The molecule has 0 fully saturated rings. The largest absolute Gasteiger partial charge is 0.488 e. The van der Waals surface area contributed by atoms with Gasteiger partial charge in [-0.1, -0.05) is 17.7 Å². The van der Waals surface area contributed by atoms with Crippen molar-refractivity contribution in [2.24, 2.45) is 0 Å². The van der Waals surface area contributed by atoms with Gasteiger partial charge < -0.3 is 9.47 Å². The van der Waals surface area contributed by atoms with Crippen molar-refractivity contribution >= 4 is 23.6 Å². The number of carbonyl (C=O) groups excluding carboxylic acids is 1. The maximum atomic E-state index is 11.5. The number of rotatable bonds is 1. The second-order valence-electron chi connectivity index (χ2n) is 3.05. The van der Waals surface area contributed by atoms with Crippen molar-refractivity contribution in [1.29, 1.82) is 0 Å². The minimum Gasteiger partial charge on any atom is -0.488 e. The first-order valence-corrected chi connectivity index (χ1v) is 4.82. The van der Waals surface area contributed by atoms with Crippen molar-refractivity contribution in [2.75, 3.05) is 13.7 Å². The first kappa shape index (κ1) is 10.1. The highest BCUT2D eigenvalue weighted by Gasteiger charge is 2.21. The van der Waals surface area contributed by atoms with Gasteiger partial charge in [-0.25, -0.2) is 4.79 Å². The SMILES string of the molecule is COC(=O)c1c(Cl)ccc2c1OCC=C2. The highest BCUT2D eigenvalue weighted by Crippen LogP contribution is 2.33. The maximum absolute atomic E-state index is 11.5. The molecule has 15 heavy (non-hydrogen) atoms. The predicted octanol–water partition coefficient (Wildman–Crippen LogP) is 2.53. The fraction of sp³-hybridized carbons (Fsp3) is 0.182. The fourth-order valence-electron chi connectivity index (χ4n) is 1.46. The van der Waals surface area contributed by atoms with Crippen LogP contribution < -0.4 is 4.74 Å². The Labute approximate surface area is 92.3 Å². The molecule has 1 aromatic carbocycles. The van der Waals surface area contributed by atoms with Crippen LogP contribution in [0.4, 0.5) is 0 Å². The topological polar surface area (TPSA) is 35.5 Å². The number of esters is 1. The molecule has 0 saturated heterocycles. The second kappa shape index (κ2) is 3.95. The van der Waals surface area contributed by atoms with E-state index in [1.54, 1.807) is 12.1 Å². The summed E-state index contributed by atoms with van der Waals surface area (Å²) >= 11 is 5.93. The molecule has 1 heterocycles. The van der Waals surface area contributed by atoms with E-state index in [2.05, 4.69) is 4.74 Å². The van der Waals surface area contributed by atoms with Crippen molar-refractivity contribution < 1.29 is 14.3 Å². The molecule has 4 heteroatoms. The lowest BCUT2D eigenvalue weighted by molar-refractivity contribution is 0.0596. The smallest absolute Gasteiger partial charge is 0.343 e. The molecule has 1 aliphatic heterocycles. The quantitative estimate of drug-likeness (QED) is 0.688. The van der Waals surface area contributed by atoms with E-state index in [4.69, 9.17) is 16.3 Å². The molecule has 78 valence electrons. The zero-order chi connectivity index (χ0) is 10.8. The van der Waals surface area contributed by atoms with Gasteiger partial charge in [-0.3, -0.25) is 0 Å². The molecule has 0 atom stereocenters. The molecular weight excluding hydrogens is 216 g/mol. The summed E-state index contributed by atoms with van der Waals surface area (Å²) in [5.41, 5.74) is 1.13. The summed E-state index contributed by atoms with van der Waals surface area (Å²) in [7, 11) is 1.32. The van der Waals surface area contributed by atoms with Gasteiger partial charge in [0, 0.05) is 5.56 Å². The van der Waals surface area contributed by atoms with Crippen LogP contribution in [-0.2, 0) is 4.74 Å². The molecule has 0 unspecified atom stereocenters. The monoisotopic (exact) mass is 224 g/mol. The van der Waals surface area contributed by atoms with Gasteiger partial charge in [-0.15, -0.1) is 0 Å². The molecule has 0 saturated carbocycles. The molecule has 0 bridgehead atoms. The van der Waals surface area contributed by atoms with E-state index < -0.39 is 5.97 Å². The highest BCUT2D eigenvalue weighted by atomic mass is 35.5. The molecule has 2 rings (SSSR count). The van der Waals surface area contributed by atoms with E-state index in [9.17, 15) is 4.79 Å². The van der Waals surface area contributed by atoms with Gasteiger partial charge in [-0.2, -0.15) is 0 Å². The Morgan fingerprint density at radius 1 is 1.53 bits per heavy atom. The Morgan fingerprint density at radius 2 is 2.33 bits per heavy atom. The molecule has 0 aliphatic carbocycles. The number of benzene rings is 1. The summed E-state index contributed by atoms with van der Waals surface area (Å²) < 4.78 is 10.0. The van der Waals surface area contributed by atoms with Crippen LogP contribution in [0.5, 0.6) is 5.75 Å². The molecule has 0 aromatic heterocycles. The first-order valence-electron chi connectivity index (χ1n) is 4.44. The van der Waals surface area contributed by atoms with Crippen LogP contribution in [0.15, 0.2) is 18.2 Å². The molecule has 0 N–H and O–H groups in total. The Hall–Kier alpha value is -1.48. The zero-order valence-electron chi connectivity index (χ0n) is 8.12. The average molecular weight is 225 g/mol. The summed E-state index contributed by atoms with van der Waals surface area (Å²) in [6.45, 7) is 0.442. The van der Waals surface area contributed by atoms with Gasteiger partial charge in [0.1, 0.15) is 17.9 Å². The molecule has 1 aromatic rings. The molecule has 1 aliphatic rings. The Morgan fingerprint density at radius 3 is 3.07 bits per heavy atom. The second-order valence-corrected chi connectivity index (χ2v) is 3.45. The van der Waals surface area contributed by atoms with Crippen LogP contribution >= 0.6 is 11.6 Å². The predicted molar refractivity (Wildman–Crippen MR) is 57.3 cm³/mol. The first-order chi connectivity index (χ1) is 7.24. The minimum atomic E-state index is -0.479. The molecular formula is C11H9ClO3. The van der Waals surface area contributed by atoms with Crippen LogP contribution in [0.1, 0.15) is 15.9 Å². The van der Waals surface area contributed by atoms with Gasteiger partial charge in [0.2, 0.25) is 0 Å². The summed E-state index contributed by atoms with van der Waals surface area (Å²) in [5, 5.41) is 0.343. The number of methoxy groups -OCH3 is 1. The van der Waals surface area contributed by atoms with E-state index in [-0.39, 0.29) is 0 Å². The van der Waals surface area contributed by atoms with Crippen LogP contribution in [0.2, 0.25) is 5.02 Å². The van der Waals surface area contributed by atoms with Gasteiger partial charge >= 0.3 is 5.97 Å². The molecule has 3 nitrogen and oxygen atoms in total. The van der Waals surface area contributed by atoms with Gasteiger partial charge in [0.25, 0.3) is 0 Å². The van der Waals surface area contributed by atoms with E-state index in [0.717, 1.165) is 5.56 Å². The van der Waals surface area contributed by atoms with E-state index in [1.807, 2.05) is 12.2 Å². The summed E-state index contributed by atoms with van der Waals surface area (Å²) in [6, 6.07) is 3.46. The summed E-state index contributed by atoms with van der Waals surface area (Å²) in [5.74, 6) is 0.0176. The van der Waals surface area contributed by atoms with E-state index in [1.165, 1.54) is 7.11 Å². The van der Waals surface area contributed by atoms with Gasteiger partial charge in [0.05, 0.1) is 12.1 Å². The number of carbonyl (C=O) groups is 1. The van der Waals surface area contributed by atoms with Gasteiger partial charge in [-0.05, 0) is 18.2 Å². The van der Waals surface area contributed by atoms with Crippen molar-refractivity contribution in [2.45, 2.75) is 0 Å². The van der Waals surface area contributed by atoms with E-state index >= 15 is 0 Å². The third-order valence-electron chi connectivity index (χ3n) is 2.15. The molecule has 0 spiro atoms. The van der Waals surface area contributed by atoms with E-state index in [0.29, 0.717) is 22.9 Å². The average Bonchev–Trinajstić information content (AvgIpc) is 2.28. The number of ether oxygens (including phenoxy) is 2. The minimum absolute atomic E-state index is 0.293. The fourth-order valence-corrected chi connectivity index (χ4v) is 1.69. The standard InChI is InChI=1S/C11H9ClO3/c1-14-11(13)9-8(12)5-4-7-3-2-6-15-10(7)9/h2-5H,6H2,1H3. The van der Waals surface area contributed by atoms with Crippen LogP contribution in [0, 0.1) is 0 Å². The Kier molecular flexibility index (Phi) is 2.64. The number of fused-ring (bicyclic) bond motifs is 1. The molecule has 0 radical (unpaired) electrons. The van der Waals surface area contributed by atoms with Crippen molar-refractivity contribution in [3.8, 4) is 5.75 Å². The lowest BCUT2D eigenvalue weighted by Gasteiger charge is -2.16.